The van der Waals surface area contributed by atoms with Gasteiger partial charge in [-0.15, -0.1) is 24.0 Å². The van der Waals surface area contributed by atoms with E-state index >= 15 is 0 Å². The van der Waals surface area contributed by atoms with Gasteiger partial charge in [-0.25, -0.2) is 0 Å². The monoisotopic (exact) mass is 490 g/mol. The molecule has 7 heteroatoms. The molecule has 0 saturated carbocycles. The largest absolute Gasteiger partial charge is 0.496 e. The van der Waals surface area contributed by atoms with Gasteiger partial charge < -0.3 is 20.1 Å². The van der Waals surface area contributed by atoms with Gasteiger partial charge in [0.2, 0.25) is 0 Å². The highest BCUT2D eigenvalue weighted by atomic mass is 127. The van der Waals surface area contributed by atoms with Gasteiger partial charge in [0.25, 0.3) is 0 Å². The molecule has 0 amide bonds. The van der Waals surface area contributed by atoms with Crippen molar-refractivity contribution >= 4 is 29.9 Å². The zero-order chi connectivity index (χ0) is 19.1. The maximum absolute atomic E-state index is 5.53. The number of aryl methyl sites for hydroxylation is 1. The van der Waals surface area contributed by atoms with Crippen LogP contribution >= 0.6 is 24.0 Å². The Morgan fingerprint density at radius 1 is 1.41 bits per heavy atom. The third-order valence-corrected chi connectivity index (χ3v) is 4.98. The normalized spacial score (nSPS) is 20.4. The fourth-order valence-electron chi connectivity index (χ4n) is 3.43. The first-order valence-electron chi connectivity index (χ1n) is 9.41. The Bertz CT molecular complexity index is 612. The van der Waals surface area contributed by atoms with Crippen LogP contribution in [0.1, 0.15) is 37.9 Å². The highest BCUT2D eigenvalue weighted by molar-refractivity contribution is 14.0. The summed E-state index contributed by atoms with van der Waals surface area (Å²) in [5.41, 5.74) is 2.35. The van der Waals surface area contributed by atoms with Gasteiger partial charge in [0, 0.05) is 37.8 Å². The summed E-state index contributed by atoms with van der Waals surface area (Å²) in [6.07, 6.45) is 0. The molecule has 6 nitrogen and oxygen atoms in total. The summed E-state index contributed by atoms with van der Waals surface area (Å²) in [6.45, 7) is 12.1. The molecule has 1 heterocycles. The number of nitrogens with zero attached hydrogens (tertiary/aromatic N) is 2. The van der Waals surface area contributed by atoms with Crippen LogP contribution in [0.15, 0.2) is 23.2 Å². The topological polar surface area (TPSA) is 58.1 Å². The van der Waals surface area contributed by atoms with Crippen molar-refractivity contribution < 1.29 is 9.47 Å². The Labute approximate surface area is 181 Å². The van der Waals surface area contributed by atoms with Crippen LogP contribution in [0.3, 0.4) is 0 Å². The molecule has 1 saturated heterocycles. The number of morpholine rings is 1. The number of benzene rings is 1. The quantitative estimate of drug-likeness (QED) is 0.365. The van der Waals surface area contributed by atoms with E-state index in [-0.39, 0.29) is 30.0 Å². The second-order valence-corrected chi connectivity index (χ2v) is 7.08. The number of ether oxygens (including phenoxy) is 2. The maximum atomic E-state index is 5.53. The van der Waals surface area contributed by atoms with Crippen LogP contribution in [0.25, 0.3) is 0 Å². The number of halogens is 1. The van der Waals surface area contributed by atoms with Crippen molar-refractivity contribution in [1.82, 2.24) is 15.5 Å². The number of methoxy groups -OCH3 is 1. The number of hydrogen-bond donors (Lipinski definition) is 2. The summed E-state index contributed by atoms with van der Waals surface area (Å²) in [7, 11) is 3.51. The summed E-state index contributed by atoms with van der Waals surface area (Å²) in [6, 6.07) is 7.19. The SMILES string of the molecule is CN=C(NCC(C)N1CCOCC1C)NC(C)c1cc(C)ccc1OC.I. The fraction of sp³-hybridized carbons (Fsp3) is 0.650. The van der Waals surface area contributed by atoms with E-state index in [9.17, 15) is 0 Å². The molecule has 3 unspecified atom stereocenters. The lowest BCUT2D eigenvalue weighted by atomic mass is 10.0. The third-order valence-electron chi connectivity index (χ3n) is 4.98. The van der Waals surface area contributed by atoms with Gasteiger partial charge >= 0.3 is 0 Å². The lowest BCUT2D eigenvalue weighted by molar-refractivity contribution is -0.0174. The minimum atomic E-state index is 0. The van der Waals surface area contributed by atoms with Crippen molar-refractivity contribution in [1.29, 1.82) is 0 Å². The van der Waals surface area contributed by atoms with Gasteiger partial charge in [-0.3, -0.25) is 9.89 Å². The fourth-order valence-corrected chi connectivity index (χ4v) is 3.43. The van der Waals surface area contributed by atoms with Crippen LogP contribution < -0.4 is 15.4 Å². The Morgan fingerprint density at radius 3 is 2.78 bits per heavy atom. The smallest absolute Gasteiger partial charge is 0.191 e. The van der Waals surface area contributed by atoms with Crippen LogP contribution in [-0.2, 0) is 4.74 Å². The van der Waals surface area contributed by atoms with E-state index in [2.05, 4.69) is 60.4 Å². The van der Waals surface area contributed by atoms with Gasteiger partial charge in [0.1, 0.15) is 5.75 Å². The zero-order valence-electron chi connectivity index (χ0n) is 17.4. The van der Waals surface area contributed by atoms with Crippen molar-refractivity contribution in [2.45, 2.75) is 45.8 Å². The Kier molecular flexibility index (Phi) is 10.4. The summed E-state index contributed by atoms with van der Waals surface area (Å²) in [4.78, 5) is 6.86. The molecule has 1 aromatic carbocycles. The Hall–Kier alpha value is -1.06. The third kappa shape index (κ3) is 6.80. The van der Waals surface area contributed by atoms with Crippen LogP contribution in [0.4, 0.5) is 0 Å². The average molecular weight is 490 g/mol. The van der Waals surface area contributed by atoms with Crippen LogP contribution in [0, 0.1) is 6.92 Å². The second-order valence-electron chi connectivity index (χ2n) is 7.08. The molecule has 2 N–H and O–H groups in total. The van der Waals surface area contributed by atoms with Gasteiger partial charge in [-0.1, -0.05) is 17.7 Å². The molecule has 154 valence electrons. The molecule has 27 heavy (non-hydrogen) atoms. The zero-order valence-corrected chi connectivity index (χ0v) is 19.7. The molecule has 0 radical (unpaired) electrons. The lowest BCUT2D eigenvalue weighted by Gasteiger charge is -2.38. The molecule has 0 aromatic heterocycles. The van der Waals surface area contributed by atoms with E-state index < -0.39 is 0 Å². The molecule has 1 fully saturated rings. The first kappa shape index (κ1) is 24.0. The maximum Gasteiger partial charge on any atom is 0.191 e. The molecule has 1 aromatic rings. The number of rotatable bonds is 6. The van der Waals surface area contributed by atoms with E-state index in [0.717, 1.165) is 43.6 Å². The second kappa shape index (κ2) is 11.7. The van der Waals surface area contributed by atoms with Crippen LogP contribution in [-0.4, -0.2) is 63.4 Å². The predicted molar refractivity (Wildman–Crippen MR) is 123 cm³/mol. The minimum absolute atomic E-state index is 0. The molecule has 0 bridgehead atoms. The molecule has 0 aliphatic carbocycles. The molecular weight excluding hydrogens is 455 g/mol. The molecule has 1 aliphatic rings. The Balaban J connectivity index is 0.00000364. The summed E-state index contributed by atoms with van der Waals surface area (Å²) >= 11 is 0. The van der Waals surface area contributed by atoms with E-state index in [1.807, 2.05) is 6.07 Å². The highest BCUT2D eigenvalue weighted by Gasteiger charge is 2.23. The highest BCUT2D eigenvalue weighted by Crippen LogP contribution is 2.25. The molecular formula is C20H35IN4O2. The molecule has 2 rings (SSSR count). The standard InChI is InChI=1S/C20H34N4O2.HI/c1-14-7-8-19(25-6)18(11-14)17(4)23-20(21-5)22-12-15(2)24-9-10-26-13-16(24)3;/h7-8,11,15-17H,9-10,12-13H2,1-6H3,(H2,21,22,23);1H. The van der Waals surface area contributed by atoms with Crippen molar-refractivity contribution in [2.24, 2.45) is 4.99 Å². The summed E-state index contributed by atoms with van der Waals surface area (Å²) in [5, 5.41) is 6.93. The van der Waals surface area contributed by atoms with Crippen LogP contribution in [0.2, 0.25) is 0 Å². The van der Waals surface area contributed by atoms with E-state index in [1.165, 1.54) is 5.56 Å². The summed E-state index contributed by atoms with van der Waals surface area (Å²) < 4.78 is 11.0. The number of hydrogen-bond acceptors (Lipinski definition) is 4. The van der Waals surface area contributed by atoms with Gasteiger partial charge in [-0.2, -0.15) is 0 Å². The van der Waals surface area contributed by atoms with Gasteiger partial charge in [-0.05, 0) is 33.8 Å². The van der Waals surface area contributed by atoms with Gasteiger partial charge in [0.15, 0.2) is 5.96 Å². The van der Waals surface area contributed by atoms with E-state index in [0.29, 0.717) is 12.1 Å². The minimum Gasteiger partial charge on any atom is -0.496 e. The van der Waals surface area contributed by atoms with Crippen molar-refractivity contribution in [2.75, 3.05) is 40.5 Å². The predicted octanol–water partition coefficient (Wildman–Crippen LogP) is 2.96. The molecule has 1 aliphatic heterocycles. The van der Waals surface area contributed by atoms with E-state index in [1.54, 1.807) is 14.2 Å². The van der Waals surface area contributed by atoms with Crippen LogP contribution in [0.5, 0.6) is 5.75 Å². The summed E-state index contributed by atoms with van der Waals surface area (Å²) in [5.74, 6) is 1.69. The first-order chi connectivity index (χ1) is 12.5. The number of aliphatic imine (C=N–C) groups is 1. The number of guanidine groups is 1. The van der Waals surface area contributed by atoms with E-state index in [4.69, 9.17) is 9.47 Å². The van der Waals surface area contributed by atoms with Crippen molar-refractivity contribution in [3.8, 4) is 5.75 Å². The first-order valence-corrected chi connectivity index (χ1v) is 9.41. The molecule has 0 spiro atoms. The Morgan fingerprint density at radius 2 is 2.15 bits per heavy atom. The van der Waals surface area contributed by atoms with Gasteiger partial charge in [0.05, 0.1) is 26.4 Å². The average Bonchev–Trinajstić information content (AvgIpc) is 2.64. The molecule has 3 atom stereocenters. The number of nitrogens with one attached hydrogen (secondary N) is 2. The lowest BCUT2D eigenvalue weighted by Crippen LogP contribution is -2.53. The van der Waals surface area contributed by atoms with Crippen molar-refractivity contribution in [3.05, 3.63) is 29.3 Å². The van der Waals surface area contributed by atoms with Crippen molar-refractivity contribution in [3.63, 3.8) is 0 Å².